The first-order valence-electron chi connectivity index (χ1n) is 6.26. The quantitative estimate of drug-likeness (QED) is 0.681. The van der Waals surface area contributed by atoms with Crippen LogP contribution in [0, 0.1) is 11.7 Å². The van der Waals surface area contributed by atoms with E-state index in [4.69, 9.17) is 0 Å². The summed E-state index contributed by atoms with van der Waals surface area (Å²) in [5, 5.41) is 3.43. The third kappa shape index (κ3) is 3.25. The second-order valence-corrected chi connectivity index (χ2v) is 4.52. The van der Waals surface area contributed by atoms with Crippen molar-refractivity contribution in [1.29, 1.82) is 0 Å². The Hall–Kier alpha value is -0.970. The van der Waals surface area contributed by atoms with E-state index in [9.17, 15) is 4.39 Å². The van der Waals surface area contributed by atoms with E-state index in [1.54, 1.807) is 0 Å². The predicted octanol–water partition coefficient (Wildman–Crippen LogP) is 1.59. The lowest BCUT2D eigenvalue weighted by Gasteiger charge is -2.19. The van der Waals surface area contributed by atoms with Crippen molar-refractivity contribution in [1.82, 2.24) is 16.2 Å². The van der Waals surface area contributed by atoms with Gasteiger partial charge in [-0.3, -0.25) is 5.43 Å². The molecule has 3 nitrogen and oxygen atoms in total. The monoisotopic (exact) mass is 237 g/mol. The fourth-order valence-electron chi connectivity index (χ4n) is 2.22. The van der Waals surface area contributed by atoms with Crippen LogP contribution in [0.15, 0.2) is 24.3 Å². The number of nitrogens with one attached hydrogen (secondary N) is 3. The van der Waals surface area contributed by atoms with Crippen LogP contribution < -0.4 is 16.2 Å². The van der Waals surface area contributed by atoms with Gasteiger partial charge in [0.25, 0.3) is 0 Å². The third-order valence-corrected chi connectivity index (χ3v) is 3.16. The Morgan fingerprint density at radius 1 is 1.35 bits per heavy atom. The Kier molecular flexibility index (Phi) is 4.48. The maximum absolute atomic E-state index is 12.9. The van der Waals surface area contributed by atoms with Gasteiger partial charge >= 0.3 is 0 Å². The summed E-state index contributed by atoms with van der Waals surface area (Å²) in [5.41, 5.74) is 7.57. The number of hydrogen-bond acceptors (Lipinski definition) is 3. The summed E-state index contributed by atoms with van der Waals surface area (Å²) < 4.78 is 12.9. The lowest BCUT2D eigenvalue weighted by atomic mass is 9.95. The molecule has 4 heteroatoms. The first kappa shape index (κ1) is 12.5. The van der Waals surface area contributed by atoms with Crippen LogP contribution in [0.25, 0.3) is 0 Å². The van der Waals surface area contributed by atoms with Gasteiger partial charge in [0, 0.05) is 19.0 Å². The molecule has 0 amide bonds. The fraction of sp³-hybridized carbons (Fsp3) is 0.538. The molecule has 1 aromatic carbocycles. The molecule has 1 aliphatic heterocycles. The topological polar surface area (TPSA) is 36.1 Å². The van der Waals surface area contributed by atoms with Gasteiger partial charge in [-0.1, -0.05) is 19.1 Å². The molecule has 0 aliphatic carbocycles. The van der Waals surface area contributed by atoms with E-state index in [1.165, 1.54) is 12.1 Å². The van der Waals surface area contributed by atoms with Crippen LogP contribution in [0.2, 0.25) is 0 Å². The summed E-state index contributed by atoms with van der Waals surface area (Å²) in [7, 11) is 0. The highest BCUT2D eigenvalue weighted by Gasteiger charge is 2.27. The predicted molar refractivity (Wildman–Crippen MR) is 66.9 cm³/mol. The summed E-state index contributed by atoms with van der Waals surface area (Å²) >= 11 is 0. The molecule has 0 saturated carbocycles. The number of hydrogen-bond donors (Lipinski definition) is 3. The first-order chi connectivity index (χ1) is 8.31. The molecule has 0 bridgehead atoms. The minimum Gasteiger partial charge on any atom is -0.316 e. The fourth-order valence-corrected chi connectivity index (χ4v) is 2.22. The molecule has 0 aromatic heterocycles. The van der Waals surface area contributed by atoms with Crippen LogP contribution in [-0.4, -0.2) is 19.6 Å². The van der Waals surface area contributed by atoms with E-state index in [2.05, 4.69) is 23.1 Å². The molecular formula is C13H20FN3. The molecule has 1 heterocycles. The molecule has 1 aliphatic rings. The van der Waals surface area contributed by atoms with Crippen molar-refractivity contribution in [3.8, 4) is 0 Å². The second-order valence-electron chi connectivity index (χ2n) is 4.52. The van der Waals surface area contributed by atoms with Crippen molar-refractivity contribution in [2.45, 2.75) is 19.4 Å². The minimum atomic E-state index is -0.180. The zero-order valence-electron chi connectivity index (χ0n) is 10.2. The largest absolute Gasteiger partial charge is 0.316 e. The lowest BCUT2D eigenvalue weighted by molar-refractivity contribution is 0.442. The van der Waals surface area contributed by atoms with Gasteiger partial charge in [0.2, 0.25) is 0 Å². The zero-order valence-corrected chi connectivity index (χ0v) is 10.2. The Morgan fingerprint density at radius 2 is 2.12 bits per heavy atom. The highest BCUT2D eigenvalue weighted by molar-refractivity contribution is 5.21. The van der Waals surface area contributed by atoms with Gasteiger partial charge in [0.05, 0.1) is 6.04 Å². The Labute approximate surface area is 102 Å². The molecule has 1 aromatic rings. The Morgan fingerprint density at radius 3 is 2.82 bits per heavy atom. The normalized spacial score (nSPS) is 24.1. The van der Waals surface area contributed by atoms with E-state index in [0.717, 1.165) is 31.6 Å². The number of hydrazine groups is 1. The summed E-state index contributed by atoms with van der Waals surface area (Å²) in [5.74, 6) is 0.326. The molecule has 2 unspecified atom stereocenters. The lowest BCUT2D eigenvalue weighted by Crippen LogP contribution is -2.29. The summed E-state index contributed by atoms with van der Waals surface area (Å²) in [4.78, 5) is 0. The Bertz CT molecular complexity index is 339. The molecular weight excluding hydrogens is 217 g/mol. The Balaban J connectivity index is 1.96. The molecule has 1 fully saturated rings. The van der Waals surface area contributed by atoms with Crippen LogP contribution in [0.3, 0.4) is 0 Å². The summed E-state index contributed by atoms with van der Waals surface area (Å²) in [6.45, 7) is 5.14. The summed E-state index contributed by atoms with van der Waals surface area (Å²) in [6.07, 6.45) is 1.15. The van der Waals surface area contributed by atoms with Crippen LogP contribution in [0.5, 0.6) is 0 Å². The SMILES string of the molecule is CCCNCC1CNNC1c1ccc(F)cc1. The van der Waals surface area contributed by atoms with Crippen molar-refractivity contribution in [3.63, 3.8) is 0 Å². The van der Waals surface area contributed by atoms with Crippen molar-refractivity contribution < 1.29 is 4.39 Å². The maximum atomic E-state index is 12.9. The third-order valence-electron chi connectivity index (χ3n) is 3.16. The van der Waals surface area contributed by atoms with Gasteiger partial charge in [0.1, 0.15) is 5.82 Å². The van der Waals surface area contributed by atoms with E-state index >= 15 is 0 Å². The number of rotatable bonds is 5. The molecule has 1 saturated heterocycles. The average Bonchev–Trinajstić information content (AvgIpc) is 2.79. The molecule has 0 radical (unpaired) electrons. The molecule has 17 heavy (non-hydrogen) atoms. The van der Waals surface area contributed by atoms with Gasteiger partial charge in [-0.15, -0.1) is 0 Å². The van der Waals surface area contributed by atoms with Crippen LogP contribution in [0.1, 0.15) is 24.9 Å². The molecule has 0 spiro atoms. The van der Waals surface area contributed by atoms with Gasteiger partial charge < -0.3 is 5.32 Å². The van der Waals surface area contributed by atoms with Crippen molar-refractivity contribution in [2.75, 3.05) is 19.6 Å². The van der Waals surface area contributed by atoms with Gasteiger partial charge in [-0.25, -0.2) is 9.82 Å². The van der Waals surface area contributed by atoms with Crippen LogP contribution in [-0.2, 0) is 0 Å². The zero-order chi connectivity index (χ0) is 12.1. The van der Waals surface area contributed by atoms with Crippen LogP contribution >= 0.6 is 0 Å². The standard InChI is InChI=1S/C13H20FN3/c1-2-7-15-8-11-9-16-17-13(11)10-3-5-12(14)6-4-10/h3-6,11,13,15-17H,2,7-9H2,1H3. The van der Waals surface area contributed by atoms with Crippen molar-refractivity contribution in [2.24, 2.45) is 5.92 Å². The van der Waals surface area contributed by atoms with Crippen molar-refractivity contribution >= 4 is 0 Å². The molecule has 3 N–H and O–H groups in total. The van der Waals surface area contributed by atoms with Crippen molar-refractivity contribution in [3.05, 3.63) is 35.6 Å². The summed E-state index contributed by atoms with van der Waals surface area (Å²) in [6, 6.07) is 7.01. The molecule has 2 rings (SSSR count). The molecule has 94 valence electrons. The van der Waals surface area contributed by atoms with E-state index in [0.29, 0.717) is 5.92 Å². The maximum Gasteiger partial charge on any atom is 0.123 e. The first-order valence-corrected chi connectivity index (χ1v) is 6.26. The highest BCUT2D eigenvalue weighted by Crippen LogP contribution is 2.24. The number of halogens is 1. The highest BCUT2D eigenvalue weighted by atomic mass is 19.1. The van der Waals surface area contributed by atoms with Gasteiger partial charge in [-0.2, -0.15) is 0 Å². The van der Waals surface area contributed by atoms with E-state index < -0.39 is 0 Å². The minimum absolute atomic E-state index is 0.180. The number of benzene rings is 1. The van der Waals surface area contributed by atoms with E-state index in [-0.39, 0.29) is 11.9 Å². The smallest absolute Gasteiger partial charge is 0.123 e. The second kappa shape index (κ2) is 6.10. The van der Waals surface area contributed by atoms with Crippen LogP contribution in [0.4, 0.5) is 4.39 Å². The van der Waals surface area contributed by atoms with E-state index in [1.807, 2.05) is 12.1 Å². The molecule has 2 atom stereocenters. The van der Waals surface area contributed by atoms with Gasteiger partial charge in [-0.05, 0) is 30.7 Å². The average molecular weight is 237 g/mol. The van der Waals surface area contributed by atoms with Gasteiger partial charge in [0.15, 0.2) is 0 Å².